The zero-order valence-electron chi connectivity index (χ0n) is 8.34. The van der Waals surface area contributed by atoms with Gasteiger partial charge < -0.3 is 15.2 Å². The molecule has 0 aromatic carbocycles. The van der Waals surface area contributed by atoms with Crippen LogP contribution in [0.15, 0.2) is 12.3 Å². The minimum absolute atomic E-state index is 0.0892. The Balaban J connectivity index is 2.11. The van der Waals surface area contributed by atoms with Crippen LogP contribution in [-0.2, 0) is 0 Å². The second-order valence-corrected chi connectivity index (χ2v) is 3.56. The van der Waals surface area contributed by atoms with Crippen LogP contribution in [0.2, 0.25) is 0 Å². The Kier molecular flexibility index (Phi) is 2.54. The smallest absolute Gasteiger partial charge is 0.176 e. The summed E-state index contributed by atoms with van der Waals surface area (Å²) in [5.74, 6) is 0.0892. The fraction of sp³-hybridized carbons (Fsp3) is 0.500. The predicted octanol–water partition coefficient (Wildman–Crippen LogP) is 0.627. The molecule has 1 aliphatic rings. The Labute approximate surface area is 83.3 Å². The van der Waals surface area contributed by atoms with Crippen molar-refractivity contribution in [3.05, 3.63) is 18.0 Å². The lowest BCUT2D eigenvalue weighted by molar-refractivity contribution is 0.101. The van der Waals surface area contributed by atoms with Gasteiger partial charge in [0, 0.05) is 39.3 Å². The number of piperazine rings is 1. The van der Waals surface area contributed by atoms with Crippen LogP contribution >= 0.6 is 0 Å². The van der Waals surface area contributed by atoms with Gasteiger partial charge in [-0.15, -0.1) is 0 Å². The zero-order chi connectivity index (χ0) is 9.97. The van der Waals surface area contributed by atoms with Crippen LogP contribution in [0.4, 0.5) is 5.69 Å². The maximum atomic E-state index is 11.1. The number of H-pyrrole nitrogens is 1. The van der Waals surface area contributed by atoms with Gasteiger partial charge in [-0.1, -0.05) is 0 Å². The van der Waals surface area contributed by atoms with Gasteiger partial charge in [-0.05, 0) is 6.07 Å². The van der Waals surface area contributed by atoms with E-state index in [1.807, 2.05) is 12.3 Å². The van der Waals surface area contributed by atoms with Gasteiger partial charge in [0.15, 0.2) is 5.78 Å². The minimum Gasteiger partial charge on any atom is -0.368 e. The highest BCUT2D eigenvalue weighted by atomic mass is 16.1. The number of Topliss-reactive ketones (excluding diaryl/α,β-unsaturated/α-hetero) is 1. The van der Waals surface area contributed by atoms with E-state index in [9.17, 15) is 4.79 Å². The lowest BCUT2D eigenvalue weighted by Crippen LogP contribution is -2.43. The van der Waals surface area contributed by atoms with E-state index in [1.165, 1.54) is 0 Å². The largest absolute Gasteiger partial charge is 0.368 e. The Morgan fingerprint density at radius 2 is 2.14 bits per heavy atom. The van der Waals surface area contributed by atoms with Crippen molar-refractivity contribution in [1.82, 2.24) is 10.3 Å². The standard InChI is InChI=1S/C10H15N3O/c1-8(14)10-6-9(7-12-10)13-4-2-11-3-5-13/h6-7,11-12H,2-5H2,1H3. The van der Waals surface area contributed by atoms with Crippen LogP contribution in [0.25, 0.3) is 0 Å². The molecule has 2 heterocycles. The predicted molar refractivity (Wildman–Crippen MR) is 55.9 cm³/mol. The van der Waals surface area contributed by atoms with Crippen molar-refractivity contribution in [2.45, 2.75) is 6.92 Å². The highest BCUT2D eigenvalue weighted by Crippen LogP contribution is 2.16. The lowest BCUT2D eigenvalue weighted by atomic mass is 10.3. The number of ketones is 1. The van der Waals surface area contributed by atoms with Gasteiger partial charge in [-0.3, -0.25) is 4.79 Å². The highest BCUT2D eigenvalue weighted by Gasteiger charge is 2.12. The van der Waals surface area contributed by atoms with Crippen molar-refractivity contribution in [2.75, 3.05) is 31.1 Å². The monoisotopic (exact) mass is 193 g/mol. The number of carbonyl (C=O) groups excluding carboxylic acids is 1. The second-order valence-electron chi connectivity index (χ2n) is 3.56. The van der Waals surface area contributed by atoms with Crippen LogP contribution in [0, 0.1) is 0 Å². The van der Waals surface area contributed by atoms with Crippen LogP contribution in [0.1, 0.15) is 17.4 Å². The number of carbonyl (C=O) groups is 1. The summed E-state index contributed by atoms with van der Waals surface area (Å²) in [5.41, 5.74) is 1.82. The van der Waals surface area contributed by atoms with Gasteiger partial charge in [0.2, 0.25) is 0 Å². The summed E-state index contributed by atoms with van der Waals surface area (Å²) in [6.07, 6.45) is 1.90. The number of nitrogens with zero attached hydrogens (tertiary/aromatic N) is 1. The molecule has 0 saturated carbocycles. The van der Waals surface area contributed by atoms with Crippen molar-refractivity contribution in [1.29, 1.82) is 0 Å². The third kappa shape index (κ3) is 1.80. The van der Waals surface area contributed by atoms with Crippen molar-refractivity contribution in [3.63, 3.8) is 0 Å². The molecule has 1 aliphatic heterocycles. The summed E-state index contributed by atoms with van der Waals surface area (Å²) in [6.45, 7) is 5.62. The van der Waals surface area contributed by atoms with Crippen LogP contribution in [-0.4, -0.2) is 36.9 Å². The van der Waals surface area contributed by atoms with E-state index in [0.29, 0.717) is 5.69 Å². The van der Waals surface area contributed by atoms with Crippen LogP contribution in [0.5, 0.6) is 0 Å². The summed E-state index contributed by atoms with van der Waals surface area (Å²) < 4.78 is 0. The van der Waals surface area contributed by atoms with Gasteiger partial charge in [0.05, 0.1) is 11.4 Å². The molecule has 1 aromatic heterocycles. The molecule has 14 heavy (non-hydrogen) atoms. The molecule has 76 valence electrons. The fourth-order valence-electron chi connectivity index (χ4n) is 1.69. The molecule has 0 aliphatic carbocycles. The molecule has 0 radical (unpaired) electrons. The summed E-state index contributed by atoms with van der Waals surface area (Å²) in [5, 5.41) is 3.30. The topological polar surface area (TPSA) is 48.1 Å². The van der Waals surface area contributed by atoms with E-state index >= 15 is 0 Å². The molecule has 1 fully saturated rings. The number of rotatable bonds is 2. The number of aromatic nitrogens is 1. The van der Waals surface area contributed by atoms with Crippen molar-refractivity contribution >= 4 is 11.5 Å². The molecular weight excluding hydrogens is 178 g/mol. The first-order valence-electron chi connectivity index (χ1n) is 4.92. The van der Waals surface area contributed by atoms with Crippen LogP contribution < -0.4 is 10.2 Å². The third-order valence-corrected chi connectivity index (χ3v) is 2.53. The number of aromatic amines is 1. The Morgan fingerprint density at radius 1 is 1.43 bits per heavy atom. The van der Waals surface area contributed by atoms with E-state index in [2.05, 4.69) is 15.2 Å². The molecule has 0 spiro atoms. The Morgan fingerprint density at radius 3 is 2.71 bits per heavy atom. The second kappa shape index (κ2) is 3.84. The van der Waals surface area contributed by atoms with Gasteiger partial charge in [-0.25, -0.2) is 0 Å². The van der Waals surface area contributed by atoms with Gasteiger partial charge in [-0.2, -0.15) is 0 Å². The normalized spacial score (nSPS) is 17.1. The lowest BCUT2D eigenvalue weighted by Gasteiger charge is -2.28. The van der Waals surface area contributed by atoms with E-state index in [0.717, 1.165) is 31.9 Å². The summed E-state index contributed by atoms with van der Waals surface area (Å²) in [7, 11) is 0. The molecule has 0 bridgehead atoms. The molecule has 1 aromatic rings. The molecule has 4 heteroatoms. The average Bonchev–Trinajstić information content (AvgIpc) is 2.68. The average molecular weight is 193 g/mol. The molecule has 4 nitrogen and oxygen atoms in total. The molecule has 1 saturated heterocycles. The number of nitrogens with one attached hydrogen (secondary N) is 2. The van der Waals surface area contributed by atoms with Crippen LogP contribution in [0.3, 0.4) is 0 Å². The van der Waals surface area contributed by atoms with E-state index in [4.69, 9.17) is 0 Å². The number of anilines is 1. The number of hydrogen-bond donors (Lipinski definition) is 2. The first-order chi connectivity index (χ1) is 6.77. The summed E-state index contributed by atoms with van der Waals surface area (Å²) in [6, 6.07) is 1.92. The molecule has 0 atom stereocenters. The maximum absolute atomic E-state index is 11.1. The Hall–Kier alpha value is -1.29. The van der Waals surface area contributed by atoms with Gasteiger partial charge in [0.25, 0.3) is 0 Å². The summed E-state index contributed by atoms with van der Waals surface area (Å²) in [4.78, 5) is 16.3. The quantitative estimate of drug-likeness (QED) is 0.677. The SMILES string of the molecule is CC(=O)c1cc(N2CCNCC2)c[nH]1. The van der Waals surface area contributed by atoms with Crippen molar-refractivity contribution in [2.24, 2.45) is 0 Å². The van der Waals surface area contributed by atoms with Crippen molar-refractivity contribution in [3.8, 4) is 0 Å². The van der Waals surface area contributed by atoms with E-state index < -0.39 is 0 Å². The fourth-order valence-corrected chi connectivity index (χ4v) is 1.69. The molecule has 2 rings (SSSR count). The highest BCUT2D eigenvalue weighted by molar-refractivity contribution is 5.93. The first kappa shape index (κ1) is 9.27. The van der Waals surface area contributed by atoms with E-state index in [-0.39, 0.29) is 5.78 Å². The molecule has 0 unspecified atom stereocenters. The maximum Gasteiger partial charge on any atom is 0.176 e. The first-order valence-corrected chi connectivity index (χ1v) is 4.92. The minimum atomic E-state index is 0.0892. The molecular formula is C10H15N3O. The Bertz CT molecular complexity index is 326. The third-order valence-electron chi connectivity index (χ3n) is 2.53. The molecule has 2 N–H and O–H groups in total. The van der Waals surface area contributed by atoms with E-state index in [1.54, 1.807) is 6.92 Å². The molecule has 0 amide bonds. The van der Waals surface area contributed by atoms with Gasteiger partial charge >= 0.3 is 0 Å². The van der Waals surface area contributed by atoms with Crippen molar-refractivity contribution < 1.29 is 4.79 Å². The zero-order valence-corrected chi connectivity index (χ0v) is 8.34. The number of hydrogen-bond acceptors (Lipinski definition) is 3. The van der Waals surface area contributed by atoms with Gasteiger partial charge in [0.1, 0.15) is 0 Å². The summed E-state index contributed by atoms with van der Waals surface area (Å²) >= 11 is 0.